The molecule has 3 aromatic rings. The Balaban J connectivity index is 1.59. The van der Waals surface area contributed by atoms with Crippen LogP contribution in [-0.4, -0.2) is 34.0 Å². The summed E-state index contributed by atoms with van der Waals surface area (Å²) < 4.78 is 5.21. The summed E-state index contributed by atoms with van der Waals surface area (Å²) in [6.45, 7) is 0. The van der Waals surface area contributed by atoms with Crippen molar-refractivity contribution in [2.45, 2.75) is 5.03 Å². The highest BCUT2D eigenvalue weighted by molar-refractivity contribution is 7.99. The Morgan fingerprint density at radius 1 is 1.23 bits per heavy atom. The fourth-order valence-corrected chi connectivity index (χ4v) is 2.95. The molecule has 0 fully saturated rings. The monoisotopic (exact) mass is 386 g/mol. The van der Waals surface area contributed by atoms with E-state index in [-0.39, 0.29) is 11.7 Å². The molecular formula is C18H15ClN4O2S. The molecule has 1 amide bonds. The summed E-state index contributed by atoms with van der Waals surface area (Å²) in [6.07, 6.45) is 3.43. The third-order valence-corrected chi connectivity index (χ3v) is 4.54. The third kappa shape index (κ3) is 4.71. The summed E-state index contributed by atoms with van der Waals surface area (Å²) in [4.78, 5) is 16.2. The number of ether oxygens (including phenoxy) is 1. The van der Waals surface area contributed by atoms with Gasteiger partial charge in [-0.3, -0.25) is 9.78 Å². The summed E-state index contributed by atoms with van der Waals surface area (Å²) >= 11 is 7.26. The lowest BCUT2D eigenvalue weighted by Crippen LogP contribution is -2.14. The quantitative estimate of drug-likeness (QED) is 0.647. The molecule has 0 aliphatic rings. The Labute approximate surface area is 160 Å². The SMILES string of the molecule is COc1ccc(Cl)cc1NC(=O)CSc1ccc(-c2cccnc2)nn1. The summed E-state index contributed by atoms with van der Waals surface area (Å²) in [5.41, 5.74) is 2.15. The van der Waals surface area contributed by atoms with Crippen molar-refractivity contribution >= 4 is 35.0 Å². The number of rotatable bonds is 6. The van der Waals surface area contributed by atoms with Crippen LogP contribution in [0.2, 0.25) is 5.02 Å². The standard InChI is InChI=1S/C18H15ClN4O2S/c1-25-16-6-4-13(19)9-15(16)21-17(24)11-26-18-7-5-14(22-23-18)12-3-2-8-20-10-12/h2-10H,11H2,1H3,(H,21,24). The fourth-order valence-electron chi connectivity index (χ4n) is 2.17. The van der Waals surface area contributed by atoms with Crippen molar-refractivity contribution in [1.82, 2.24) is 15.2 Å². The molecule has 0 atom stereocenters. The van der Waals surface area contributed by atoms with E-state index < -0.39 is 0 Å². The number of benzene rings is 1. The van der Waals surface area contributed by atoms with Gasteiger partial charge in [0.25, 0.3) is 0 Å². The molecule has 1 aromatic carbocycles. The lowest BCUT2D eigenvalue weighted by atomic mass is 10.2. The normalized spacial score (nSPS) is 10.4. The second-order valence-corrected chi connectivity index (χ2v) is 6.61. The van der Waals surface area contributed by atoms with Gasteiger partial charge in [-0.05, 0) is 42.5 Å². The smallest absolute Gasteiger partial charge is 0.234 e. The van der Waals surface area contributed by atoms with E-state index in [1.807, 2.05) is 24.3 Å². The van der Waals surface area contributed by atoms with Crippen molar-refractivity contribution in [3.63, 3.8) is 0 Å². The molecule has 2 heterocycles. The van der Waals surface area contributed by atoms with Crippen LogP contribution in [-0.2, 0) is 4.79 Å². The van der Waals surface area contributed by atoms with Crippen molar-refractivity contribution in [2.24, 2.45) is 0 Å². The summed E-state index contributed by atoms with van der Waals surface area (Å²) in [6, 6.07) is 12.5. The molecule has 6 nitrogen and oxygen atoms in total. The second kappa shape index (κ2) is 8.64. The average molecular weight is 387 g/mol. The van der Waals surface area contributed by atoms with E-state index in [9.17, 15) is 4.79 Å². The van der Waals surface area contributed by atoms with Crippen LogP contribution in [0.4, 0.5) is 5.69 Å². The van der Waals surface area contributed by atoms with Crippen LogP contribution in [0.25, 0.3) is 11.3 Å². The minimum Gasteiger partial charge on any atom is -0.495 e. The van der Waals surface area contributed by atoms with Crippen LogP contribution >= 0.6 is 23.4 Å². The van der Waals surface area contributed by atoms with Crippen LogP contribution in [0.1, 0.15) is 0 Å². The molecule has 0 bridgehead atoms. The Hall–Kier alpha value is -2.64. The first-order valence-electron chi connectivity index (χ1n) is 7.66. The average Bonchev–Trinajstić information content (AvgIpc) is 2.68. The minimum absolute atomic E-state index is 0.186. The zero-order chi connectivity index (χ0) is 18.4. The van der Waals surface area contributed by atoms with Crippen molar-refractivity contribution in [3.05, 3.63) is 59.9 Å². The van der Waals surface area contributed by atoms with Crippen molar-refractivity contribution in [3.8, 4) is 17.0 Å². The maximum atomic E-state index is 12.2. The molecule has 0 aliphatic carbocycles. The van der Waals surface area contributed by atoms with Crippen molar-refractivity contribution in [2.75, 3.05) is 18.2 Å². The maximum absolute atomic E-state index is 12.2. The second-order valence-electron chi connectivity index (χ2n) is 5.18. The maximum Gasteiger partial charge on any atom is 0.234 e. The van der Waals surface area contributed by atoms with Crippen LogP contribution in [0.15, 0.2) is 59.9 Å². The fraction of sp³-hybridized carbons (Fsp3) is 0.111. The number of nitrogens with zero attached hydrogens (tertiary/aromatic N) is 3. The number of hydrogen-bond acceptors (Lipinski definition) is 6. The molecule has 0 saturated carbocycles. The van der Waals surface area contributed by atoms with E-state index in [1.165, 1.54) is 18.9 Å². The van der Waals surface area contributed by atoms with Gasteiger partial charge in [-0.25, -0.2) is 0 Å². The first-order chi connectivity index (χ1) is 12.7. The van der Waals surface area contributed by atoms with E-state index >= 15 is 0 Å². The van der Waals surface area contributed by atoms with Crippen LogP contribution in [0.5, 0.6) is 5.75 Å². The number of halogens is 1. The van der Waals surface area contributed by atoms with E-state index in [0.29, 0.717) is 21.5 Å². The number of carbonyl (C=O) groups excluding carboxylic acids is 1. The molecule has 0 unspecified atom stereocenters. The molecule has 0 aliphatic heterocycles. The lowest BCUT2D eigenvalue weighted by molar-refractivity contribution is -0.113. The van der Waals surface area contributed by atoms with Crippen molar-refractivity contribution in [1.29, 1.82) is 0 Å². The molecule has 0 spiro atoms. The van der Waals surface area contributed by atoms with Gasteiger partial charge in [-0.15, -0.1) is 10.2 Å². The van der Waals surface area contributed by atoms with Gasteiger partial charge in [0.1, 0.15) is 10.8 Å². The predicted molar refractivity (Wildman–Crippen MR) is 103 cm³/mol. The highest BCUT2D eigenvalue weighted by atomic mass is 35.5. The van der Waals surface area contributed by atoms with Gasteiger partial charge in [0, 0.05) is 23.0 Å². The third-order valence-electron chi connectivity index (χ3n) is 3.38. The van der Waals surface area contributed by atoms with Crippen LogP contribution < -0.4 is 10.1 Å². The first kappa shape index (κ1) is 18.2. The Bertz CT molecular complexity index is 891. The molecular weight excluding hydrogens is 372 g/mol. The number of pyridine rings is 1. The molecule has 2 aromatic heterocycles. The number of anilines is 1. The predicted octanol–water partition coefficient (Wildman–Crippen LogP) is 3.93. The van der Waals surface area contributed by atoms with Crippen molar-refractivity contribution < 1.29 is 9.53 Å². The summed E-state index contributed by atoms with van der Waals surface area (Å²) in [7, 11) is 1.53. The minimum atomic E-state index is -0.186. The van der Waals surface area contributed by atoms with Gasteiger partial charge in [0.05, 0.1) is 24.2 Å². The van der Waals surface area contributed by atoms with Gasteiger partial charge in [0.2, 0.25) is 5.91 Å². The number of aromatic nitrogens is 3. The molecule has 8 heteroatoms. The Kier molecular flexibility index (Phi) is 6.04. The van der Waals surface area contributed by atoms with Gasteiger partial charge in [0.15, 0.2) is 0 Å². The molecule has 26 heavy (non-hydrogen) atoms. The number of hydrogen-bond donors (Lipinski definition) is 1. The first-order valence-corrected chi connectivity index (χ1v) is 9.02. The number of methoxy groups -OCH3 is 1. The van der Waals surface area contributed by atoms with E-state index in [2.05, 4.69) is 20.5 Å². The number of thioether (sulfide) groups is 1. The number of amides is 1. The molecule has 3 rings (SSSR count). The summed E-state index contributed by atoms with van der Waals surface area (Å²) in [5.74, 6) is 0.554. The zero-order valence-corrected chi connectivity index (χ0v) is 15.4. The van der Waals surface area contributed by atoms with E-state index in [1.54, 1.807) is 30.6 Å². The van der Waals surface area contributed by atoms with Gasteiger partial charge >= 0.3 is 0 Å². The molecule has 0 saturated heterocycles. The molecule has 0 radical (unpaired) electrons. The number of carbonyl (C=O) groups is 1. The van der Waals surface area contributed by atoms with E-state index in [4.69, 9.17) is 16.3 Å². The van der Waals surface area contributed by atoms with Gasteiger partial charge in [-0.2, -0.15) is 0 Å². The van der Waals surface area contributed by atoms with Gasteiger partial charge < -0.3 is 10.1 Å². The number of nitrogens with one attached hydrogen (secondary N) is 1. The highest BCUT2D eigenvalue weighted by Crippen LogP contribution is 2.28. The largest absolute Gasteiger partial charge is 0.495 e. The highest BCUT2D eigenvalue weighted by Gasteiger charge is 2.10. The zero-order valence-electron chi connectivity index (χ0n) is 13.8. The topological polar surface area (TPSA) is 77.0 Å². The Morgan fingerprint density at radius 3 is 2.81 bits per heavy atom. The van der Waals surface area contributed by atoms with E-state index in [0.717, 1.165) is 11.3 Å². The Morgan fingerprint density at radius 2 is 2.12 bits per heavy atom. The lowest BCUT2D eigenvalue weighted by Gasteiger charge is -2.10. The van der Waals surface area contributed by atoms with Crippen LogP contribution in [0, 0.1) is 0 Å². The van der Waals surface area contributed by atoms with Gasteiger partial charge in [-0.1, -0.05) is 23.4 Å². The molecule has 132 valence electrons. The summed E-state index contributed by atoms with van der Waals surface area (Å²) in [5, 5.41) is 12.3. The molecule has 1 N–H and O–H groups in total. The van der Waals surface area contributed by atoms with Crippen LogP contribution in [0.3, 0.4) is 0 Å².